The minimum Gasteiger partial charge on any atom is -0.293 e. The van der Waals surface area contributed by atoms with Crippen LogP contribution in [-0.4, -0.2) is 19.0 Å². The molecule has 1 unspecified atom stereocenters. The van der Waals surface area contributed by atoms with Gasteiger partial charge < -0.3 is 0 Å². The molecule has 0 aliphatic heterocycles. The van der Waals surface area contributed by atoms with Gasteiger partial charge in [0.1, 0.15) is 0 Å². The van der Waals surface area contributed by atoms with E-state index in [4.69, 9.17) is 0 Å². The molecule has 0 amide bonds. The van der Waals surface area contributed by atoms with Crippen molar-refractivity contribution in [1.29, 1.82) is 0 Å². The summed E-state index contributed by atoms with van der Waals surface area (Å²) in [6.07, 6.45) is 0. The summed E-state index contributed by atoms with van der Waals surface area (Å²) in [5, 5.41) is 0. The van der Waals surface area contributed by atoms with E-state index in [0.717, 1.165) is 0 Å². The standard InChI is InChI=1S/C10H14BrN/c1-8-6-4-5-7-9(8)10(11)12(2)3/h4-7,10H,1-3H3. The van der Waals surface area contributed by atoms with Gasteiger partial charge in [-0.05, 0) is 32.1 Å². The Bertz CT molecular complexity index is 258. The Morgan fingerprint density at radius 3 is 2.33 bits per heavy atom. The lowest BCUT2D eigenvalue weighted by atomic mass is 10.1. The van der Waals surface area contributed by atoms with Gasteiger partial charge in [0.15, 0.2) is 0 Å². The molecule has 0 saturated carbocycles. The van der Waals surface area contributed by atoms with Crippen molar-refractivity contribution in [2.45, 2.75) is 11.9 Å². The van der Waals surface area contributed by atoms with Gasteiger partial charge in [0.2, 0.25) is 0 Å². The fraction of sp³-hybridized carbons (Fsp3) is 0.400. The average Bonchev–Trinajstić information content (AvgIpc) is 2.04. The van der Waals surface area contributed by atoms with Gasteiger partial charge in [-0.1, -0.05) is 40.2 Å². The van der Waals surface area contributed by atoms with Gasteiger partial charge in [-0.15, -0.1) is 0 Å². The van der Waals surface area contributed by atoms with Crippen LogP contribution in [0.25, 0.3) is 0 Å². The first kappa shape index (κ1) is 9.75. The van der Waals surface area contributed by atoms with Crippen molar-refractivity contribution >= 4 is 15.9 Å². The maximum absolute atomic E-state index is 3.63. The fourth-order valence-corrected chi connectivity index (χ4v) is 1.65. The number of aryl methyl sites for hydroxylation is 1. The second-order valence-electron chi connectivity index (χ2n) is 3.16. The molecule has 0 heterocycles. The van der Waals surface area contributed by atoms with E-state index in [1.54, 1.807) is 0 Å². The second-order valence-corrected chi connectivity index (χ2v) is 4.02. The Kier molecular flexibility index (Phi) is 3.29. The van der Waals surface area contributed by atoms with E-state index in [-0.39, 0.29) is 0 Å². The van der Waals surface area contributed by atoms with Crippen LogP contribution >= 0.6 is 15.9 Å². The molecule has 1 rings (SSSR count). The van der Waals surface area contributed by atoms with Crippen molar-refractivity contribution in [2.75, 3.05) is 14.1 Å². The number of nitrogens with zero attached hydrogens (tertiary/aromatic N) is 1. The van der Waals surface area contributed by atoms with Crippen molar-refractivity contribution in [3.63, 3.8) is 0 Å². The Morgan fingerprint density at radius 1 is 1.25 bits per heavy atom. The summed E-state index contributed by atoms with van der Waals surface area (Å²) in [4.78, 5) is 2.46. The first-order valence-electron chi connectivity index (χ1n) is 3.99. The highest BCUT2D eigenvalue weighted by atomic mass is 79.9. The molecule has 0 N–H and O–H groups in total. The molecule has 0 aliphatic carbocycles. The molecule has 1 nitrogen and oxygen atoms in total. The number of hydrogen-bond donors (Lipinski definition) is 0. The van der Waals surface area contributed by atoms with E-state index in [1.165, 1.54) is 11.1 Å². The van der Waals surface area contributed by atoms with Crippen LogP contribution < -0.4 is 0 Å². The predicted octanol–water partition coefficient (Wildman–Crippen LogP) is 2.95. The molecule has 0 saturated heterocycles. The monoisotopic (exact) mass is 227 g/mol. The predicted molar refractivity (Wildman–Crippen MR) is 56.5 cm³/mol. The Balaban J connectivity index is 2.94. The Hall–Kier alpha value is -0.340. The fourth-order valence-electron chi connectivity index (χ4n) is 1.13. The molecule has 0 aliphatic rings. The highest BCUT2D eigenvalue weighted by molar-refractivity contribution is 9.09. The van der Waals surface area contributed by atoms with E-state index in [1.807, 2.05) is 0 Å². The van der Waals surface area contributed by atoms with E-state index >= 15 is 0 Å². The number of halogens is 1. The van der Waals surface area contributed by atoms with Crippen LogP contribution in [0.1, 0.15) is 16.1 Å². The molecular weight excluding hydrogens is 214 g/mol. The van der Waals surface area contributed by atoms with Crippen molar-refractivity contribution in [1.82, 2.24) is 4.90 Å². The number of benzene rings is 1. The Morgan fingerprint density at radius 2 is 1.83 bits per heavy atom. The summed E-state index contributed by atoms with van der Waals surface area (Å²) >= 11 is 3.63. The SMILES string of the molecule is Cc1ccccc1C(Br)N(C)C. The smallest absolute Gasteiger partial charge is 0.0909 e. The molecule has 0 fully saturated rings. The van der Waals surface area contributed by atoms with E-state index in [9.17, 15) is 0 Å². The third kappa shape index (κ3) is 2.08. The molecule has 66 valence electrons. The van der Waals surface area contributed by atoms with Crippen molar-refractivity contribution < 1.29 is 0 Å². The summed E-state index contributed by atoms with van der Waals surface area (Å²) in [5.74, 6) is 0. The normalized spacial score (nSPS) is 13.4. The van der Waals surface area contributed by atoms with Crippen LogP contribution in [0.5, 0.6) is 0 Å². The van der Waals surface area contributed by atoms with Gasteiger partial charge in [-0.25, -0.2) is 0 Å². The topological polar surface area (TPSA) is 3.24 Å². The van der Waals surface area contributed by atoms with Gasteiger partial charge in [-0.3, -0.25) is 4.90 Å². The lowest BCUT2D eigenvalue weighted by Gasteiger charge is -2.19. The van der Waals surface area contributed by atoms with Crippen LogP contribution in [0.2, 0.25) is 0 Å². The van der Waals surface area contributed by atoms with Crippen LogP contribution in [0.3, 0.4) is 0 Å². The van der Waals surface area contributed by atoms with Crippen LogP contribution in [0.4, 0.5) is 0 Å². The average molecular weight is 228 g/mol. The van der Waals surface area contributed by atoms with Crippen molar-refractivity contribution in [3.8, 4) is 0 Å². The van der Waals surface area contributed by atoms with Crippen LogP contribution in [0, 0.1) is 6.92 Å². The molecule has 0 bridgehead atoms. The summed E-state index contributed by atoms with van der Waals surface area (Å²) in [5.41, 5.74) is 2.66. The zero-order valence-electron chi connectivity index (χ0n) is 7.71. The van der Waals surface area contributed by atoms with E-state index in [0.29, 0.717) is 4.95 Å². The van der Waals surface area contributed by atoms with Gasteiger partial charge in [0, 0.05) is 0 Å². The highest BCUT2D eigenvalue weighted by Crippen LogP contribution is 2.26. The molecule has 1 aromatic rings. The first-order valence-corrected chi connectivity index (χ1v) is 4.90. The number of hydrogen-bond acceptors (Lipinski definition) is 1. The maximum atomic E-state index is 3.63. The second kappa shape index (κ2) is 4.06. The molecule has 1 atom stereocenters. The zero-order valence-corrected chi connectivity index (χ0v) is 9.30. The molecule has 12 heavy (non-hydrogen) atoms. The molecule has 0 aromatic heterocycles. The third-order valence-corrected chi connectivity index (χ3v) is 3.21. The van der Waals surface area contributed by atoms with Crippen molar-refractivity contribution in [3.05, 3.63) is 35.4 Å². The van der Waals surface area contributed by atoms with Crippen LogP contribution in [-0.2, 0) is 0 Å². The van der Waals surface area contributed by atoms with Gasteiger partial charge >= 0.3 is 0 Å². The summed E-state index contributed by atoms with van der Waals surface area (Å²) in [6, 6.07) is 8.41. The van der Waals surface area contributed by atoms with E-state index in [2.05, 4.69) is 66.1 Å². The maximum Gasteiger partial charge on any atom is 0.0909 e. The van der Waals surface area contributed by atoms with E-state index < -0.39 is 0 Å². The third-order valence-electron chi connectivity index (χ3n) is 1.90. The van der Waals surface area contributed by atoms with Crippen LogP contribution in [0.15, 0.2) is 24.3 Å². The van der Waals surface area contributed by atoms with Gasteiger partial charge in [0.05, 0.1) is 4.95 Å². The largest absolute Gasteiger partial charge is 0.293 e. The number of alkyl halides is 1. The van der Waals surface area contributed by atoms with Gasteiger partial charge in [-0.2, -0.15) is 0 Å². The van der Waals surface area contributed by atoms with Gasteiger partial charge in [0.25, 0.3) is 0 Å². The molecule has 0 spiro atoms. The Labute approximate surface area is 82.5 Å². The quantitative estimate of drug-likeness (QED) is 0.555. The zero-order chi connectivity index (χ0) is 9.14. The number of rotatable bonds is 2. The first-order chi connectivity index (χ1) is 5.63. The molecule has 0 radical (unpaired) electrons. The molecule has 1 aromatic carbocycles. The summed E-state index contributed by atoms with van der Waals surface area (Å²) < 4.78 is 0. The summed E-state index contributed by atoms with van der Waals surface area (Å²) in [6.45, 7) is 2.13. The summed E-state index contributed by atoms with van der Waals surface area (Å²) in [7, 11) is 4.12. The molecule has 2 heteroatoms. The lowest BCUT2D eigenvalue weighted by Crippen LogP contribution is -2.15. The molecular formula is C10H14BrN. The minimum absolute atomic E-state index is 0.318. The van der Waals surface area contributed by atoms with Crippen molar-refractivity contribution in [2.24, 2.45) is 0 Å². The minimum atomic E-state index is 0.318. The lowest BCUT2D eigenvalue weighted by molar-refractivity contribution is 0.397. The highest BCUT2D eigenvalue weighted by Gasteiger charge is 2.10.